The quantitative estimate of drug-likeness (QED) is 0.263. The van der Waals surface area contributed by atoms with E-state index in [1.807, 2.05) is 0 Å². The molecule has 1 saturated carbocycles. The molecular formula is C27H29ClF2. The minimum absolute atomic E-state index is 0.300. The molecule has 3 atom stereocenters. The van der Waals surface area contributed by atoms with Crippen LogP contribution in [0.4, 0.5) is 8.78 Å². The predicted octanol–water partition coefficient (Wildman–Crippen LogP) is 8.04. The van der Waals surface area contributed by atoms with E-state index in [1.165, 1.54) is 74.6 Å². The summed E-state index contributed by atoms with van der Waals surface area (Å²) in [4.78, 5) is 0. The number of hydrogen-bond donors (Lipinski definition) is 0. The van der Waals surface area contributed by atoms with Crippen LogP contribution in [-0.4, -0.2) is 0 Å². The van der Waals surface area contributed by atoms with Crippen molar-refractivity contribution in [2.75, 3.05) is 0 Å². The van der Waals surface area contributed by atoms with Crippen LogP contribution < -0.4 is 0 Å². The molecule has 3 heteroatoms. The first kappa shape index (κ1) is 21.4. The molecule has 4 rings (SSSR count). The molecule has 0 radical (unpaired) electrons. The van der Waals surface area contributed by atoms with Gasteiger partial charge in [-0.3, -0.25) is 0 Å². The van der Waals surface area contributed by atoms with E-state index in [9.17, 15) is 8.78 Å². The monoisotopic (exact) mass is 426 g/mol. The zero-order valence-electron chi connectivity index (χ0n) is 17.6. The minimum atomic E-state index is -0.775. The summed E-state index contributed by atoms with van der Waals surface area (Å²) in [5.41, 5.74) is 4.11. The van der Waals surface area contributed by atoms with Crippen molar-refractivity contribution in [2.45, 2.75) is 70.6 Å². The molecule has 0 heterocycles. The van der Waals surface area contributed by atoms with Gasteiger partial charge in [-0.2, -0.15) is 0 Å². The average molecular weight is 427 g/mol. The minimum Gasteiger partial charge on any atom is -0.205 e. The van der Waals surface area contributed by atoms with E-state index in [2.05, 4.69) is 37.0 Å². The Morgan fingerprint density at radius 3 is 2.50 bits per heavy atom. The SMILES string of the molecule is CCCCCC1CCC2c3ccc(C#Cc4cc(F)c(Cl)c(F)c4)cc3CCC2C1. The van der Waals surface area contributed by atoms with Crippen LogP contribution in [-0.2, 0) is 6.42 Å². The number of fused-ring (bicyclic) bond motifs is 3. The van der Waals surface area contributed by atoms with E-state index in [4.69, 9.17) is 11.6 Å². The lowest BCUT2D eigenvalue weighted by Gasteiger charge is -2.40. The van der Waals surface area contributed by atoms with Crippen LogP contribution in [0.5, 0.6) is 0 Å². The summed E-state index contributed by atoms with van der Waals surface area (Å²) in [6, 6.07) is 8.84. The molecular weight excluding hydrogens is 398 g/mol. The Labute approximate surface area is 184 Å². The van der Waals surface area contributed by atoms with Gasteiger partial charge < -0.3 is 0 Å². The second kappa shape index (κ2) is 9.52. The molecule has 2 aromatic carbocycles. The lowest BCUT2D eigenvalue weighted by Crippen LogP contribution is -2.28. The smallest absolute Gasteiger partial charge is 0.146 e. The summed E-state index contributed by atoms with van der Waals surface area (Å²) in [6.45, 7) is 2.28. The topological polar surface area (TPSA) is 0 Å². The van der Waals surface area contributed by atoms with Gasteiger partial charge in [-0.05, 0) is 85.3 Å². The summed E-state index contributed by atoms with van der Waals surface area (Å²) < 4.78 is 27.2. The highest BCUT2D eigenvalue weighted by Gasteiger charge is 2.34. The normalized spacial score (nSPS) is 22.6. The molecule has 0 aromatic heterocycles. The number of aryl methyl sites for hydroxylation is 1. The Kier molecular flexibility index (Phi) is 6.79. The Balaban J connectivity index is 1.46. The van der Waals surface area contributed by atoms with Crippen LogP contribution in [0, 0.1) is 35.3 Å². The summed E-state index contributed by atoms with van der Waals surface area (Å²) in [7, 11) is 0. The van der Waals surface area contributed by atoms with Crippen molar-refractivity contribution < 1.29 is 8.78 Å². The maximum absolute atomic E-state index is 13.6. The van der Waals surface area contributed by atoms with Crippen molar-refractivity contribution in [3.63, 3.8) is 0 Å². The number of hydrogen-bond acceptors (Lipinski definition) is 0. The third-order valence-electron chi connectivity index (χ3n) is 6.97. The highest BCUT2D eigenvalue weighted by atomic mass is 35.5. The number of unbranched alkanes of at least 4 members (excludes halogenated alkanes) is 2. The molecule has 0 saturated heterocycles. The molecule has 158 valence electrons. The largest absolute Gasteiger partial charge is 0.205 e. The average Bonchev–Trinajstić information content (AvgIpc) is 2.75. The fraction of sp³-hybridized carbons (Fsp3) is 0.481. The van der Waals surface area contributed by atoms with Gasteiger partial charge >= 0.3 is 0 Å². The lowest BCUT2D eigenvalue weighted by atomic mass is 9.64. The molecule has 3 unspecified atom stereocenters. The van der Waals surface area contributed by atoms with E-state index in [0.29, 0.717) is 11.5 Å². The first-order valence-electron chi connectivity index (χ1n) is 11.3. The zero-order valence-corrected chi connectivity index (χ0v) is 18.4. The van der Waals surface area contributed by atoms with Crippen molar-refractivity contribution in [3.05, 3.63) is 69.2 Å². The highest BCUT2D eigenvalue weighted by molar-refractivity contribution is 6.30. The van der Waals surface area contributed by atoms with Gasteiger partial charge in [0.1, 0.15) is 16.7 Å². The summed E-state index contributed by atoms with van der Waals surface area (Å²) in [5, 5.41) is -0.482. The molecule has 2 aromatic rings. The number of rotatable bonds is 4. The van der Waals surface area contributed by atoms with Crippen LogP contribution in [0.25, 0.3) is 0 Å². The van der Waals surface area contributed by atoms with Crippen molar-refractivity contribution >= 4 is 11.6 Å². The number of halogens is 3. The third kappa shape index (κ3) is 4.73. The zero-order chi connectivity index (χ0) is 21.1. The molecule has 0 nitrogen and oxygen atoms in total. The van der Waals surface area contributed by atoms with Gasteiger partial charge in [0.25, 0.3) is 0 Å². The molecule has 30 heavy (non-hydrogen) atoms. The second-order valence-corrected chi connectivity index (χ2v) is 9.38. The van der Waals surface area contributed by atoms with Gasteiger partial charge in [0.2, 0.25) is 0 Å². The van der Waals surface area contributed by atoms with E-state index >= 15 is 0 Å². The van der Waals surface area contributed by atoms with Gasteiger partial charge in [0.15, 0.2) is 0 Å². The Bertz CT molecular complexity index is 946. The van der Waals surface area contributed by atoms with Crippen LogP contribution in [0.15, 0.2) is 30.3 Å². The Hall–Kier alpha value is -1.85. The van der Waals surface area contributed by atoms with Crippen LogP contribution in [0.3, 0.4) is 0 Å². The van der Waals surface area contributed by atoms with E-state index < -0.39 is 16.7 Å². The summed E-state index contributed by atoms with van der Waals surface area (Å²) in [6.07, 6.45) is 11.9. The first-order valence-corrected chi connectivity index (χ1v) is 11.7. The molecule has 2 aliphatic rings. The fourth-order valence-electron chi connectivity index (χ4n) is 5.41. The summed E-state index contributed by atoms with van der Waals surface area (Å²) >= 11 is 5.54. The van der Waals surface area contributed by atoms with Crippen LogP contribution >= 0.6 is 11.6 Å². The molecule has 0 aliphatic heterocycles. The van der Waals surface area contributed by atoms with E-state index in [-0.39, 0.29) is 0 Å². The molecule has 0 spiro atoms. The van der Waals surface area contributed by atoms with Gasteiger partial charge in [0, 0.05) is 11.1 Å². The van der Waals surface area contributed by atoms with Crippen molar-refractivity contribution in [3.8, 4) is 11.8 Å². The van der Waals surface area contributed by atoms with Crippen molar-refractivity contribution in [1.29, 1.82) is 0 Å². The van der Waals surface area contributed by atoms with Crippen LogP contribution in [0.1, 0.15) is 86.5 Å². The molecule has 0 bridgehead atoms. The third-order valence-corrected chi connectivity index (χ3v) is 7.33. The lowest BCUT2D eigenvalue weighted by molar-refractivity contribution is 0.199. The fourth-order valence-corrected chi connectivity index (χ4v) is 5.52. The molecule has 2 aliphatic carbocycles. The molecule has 0 N–H and O–H groups in total. The number of benzene rings is 2. The van der Waals surface area contributed by atoms with Crippen LogP contribution in [0.2, 0.25) is 5.02 Å². The van der Waals surface area contributed by atoms with Crippen molar-refractivity contribution in [1.82, 2.24) is 0 Å². The predicted molar refractivity (Wildman–Crippen MR) is 120 cm³/mol. The van der Waals surface area contributed by atoms with Gasteiger partial charge in [0.05, 0.1) is 0 Å². The van der Waals surface area contributed by atoms with E-state index in [1.54, 1.807) is 0 Å². The Morgan fingerprint density at radius 1 is 0.967 bits per heavy atom. The van der Waals surface area contributed by atoms with Gasteiger partial charge in [-0.1, -0.05) is 62.1 Å². The first-order chi connectivity index (χ1) is 14.5. The van der Waals surface area contributed by atoms with Crippen molar-refractivity contribution in [2.24, 2.45) is 11.8 Å². The molecule has 1 fully saturated rings. The molecule has 0 amide bonds. The Morgan fingerprint density at radius 2 is 1.73 bits per heavy atom. The highest BCUT2D eigenvalue weighted by Crippen LogP contribution is 2.48. The standard InChI is InChI=1S/C27H29ClF2/c1-2-3-4-5-18-8-12-23-21(14-18)10-11-22-15-19(9-13-24(22)23)6-7-20-16-25(29)27(28)26(30)17-20/h9,13,15-18,21,23H,2-5,8,10-12,14H2,1H3. The maximum Gasteiger partial charge on any atom is 0.146 e. The van der Waals surface area contributed by atoms with Gasteiger partial charge in [-0.15, -0.1) is 0 Å². The van der Waals surface area contributed by atoms with Gasteiger partial charge in [-0.25, -0.2) is 8.78 Å². The van der Waals surface area contributed by atoms with E-state index in [0.717, 1.165) is 23.8 Å². The maximum atomic E-state index is 13.6. The summed E-state index contributed by atoms with van der Waals surface area (Å²) in [5.74, 6) is 6.83. The second-order valence-electron chi connectivity index (χ2n) is 9.00.